The molecule has 1 saturated carbocycles. The van der Waals surface area contributed by atoms with E-state index in [4.69, 9.17) is 10.5 Å². The Balaban J connectivity index is 1.53. The predicted octanol–water partition coefficient (Wildman–Crippen LogP) is 3.05. The first-order valence-corrected chi connectivity index (χ1v) is 7.29. The summed E-state index contributed by atoms with van der Waals surface area (Å²) >= 11 is 0. The van der Waals surface area contributed by atoms with Crippen molar-refractivity contribution in [1.29, 1.82) is 0 Å². The van der Waals surface area contributed by atoms with Crippen molar-refractivity contribution in [2.45, 2.75) is 19.3 Å². The summed E-state index contributed by atoms with van der Waals surface area (Å²) in [6.07, 6.45) is 5.50. The predicted molar refractivity (Wildman–Crippen MR) is 82.8 cm³/mol. The number of benzene rings is 1. The summed E-state index contributed by atoms with van der Waals surface area (Å²) < 4.78 is 5.63. The van der Waals surface area contributed by atoms with Crippen LogP contribution in [0, 0.1) is 5.92 Å². The van der Waals surface area contributed by atoms with Crippen molar-refractivity contribution in [3.05, 3.63) is 30.5 Å². The first-order chi connectivity index (χ1) is 9.84. The van der Waals surface area contributed by atoms with E-state index in [0.717, 1.165) is 54.4 Å². The molecule has 1 aromatic carbocycles. The molecule has 4 heteroatoms. The fourth-order valence-electron chi connectivity index (χ4n) is 2.27. The summed E-state index contributed by atoms with van der Waals surface area (Å²) in [5.74, 6) is 0.841. The Morgan fingerprint density at radius 3 is 3.05 bits per heavy atom. The molecule has 0 unspecified atom stereocenters. The Bertz CT molecular complexity index is 581. The summed E-state index contributed by atoms with van der Waals surface area (Å²) in [5.41, 5.74) is 8.71. The number of aromatic nitrogens is 1. The lowest BCUT2D eigenvalue weighted by Gasteiger charge is -2.10. The van der Waals surface area contributed by atoms with Crippen molar-refractivity contribution in [1.82, 2.24) is 4.98 Å². The first-order valence-electron chi connectivity index (χ1n) is 7.29. The fourth-order valence-corrected chi connectivity index (χ4v) is 2.27. The van der Waals surface area contributed by atoms with Gasteiger partial charge in [0.05, 0.1) is 11.2 Å². The monoisotopic (exact) mass is 271 g/mol. The zero-order chi connectivity index (χ0) is 13.8. The molecule has 1 aliphatic carbocycles. The van der Waals surface area contributed by atoms with Crippen LogP contribution < -0.4 is 11.1 Å². The third-order valence-corrected chi connectivity index (χ3v) is 3.63. The second kappa shape index (κ2) is 6.09. The van der Waals surface area contributed by atoms with Crippen LogP contribution in [0.1, 0.15) is 19.3 Å². The van der Waals surface area contributed by atoms with Gasteiger partial charge in [0.25, 0.3) is 0 Å². The van der Waals surface area contributed by atoms with Gasteiger partial charge < -0.3 is 15.8 Å². The molecule has 106 valence electrons. The number of nitrogens with zero attached hydrogens (tertiary/aromatic N) is 1. The van der Waals surface area contributed by atoms with E-state index < -0.39 is 0 Å². The van der Waals surface area contributed by atoms with Gasteiger partial charge in [0, 0.05) is 37.0 Å². The van der Waals surface area contributed by atoms with Crippen LogP contribution in [0.2, 0.25) is 0 Å². The molecule has 1 aliphatic rings. The highest BCUT2D eigenvalue weighted by atomic mass is 16.5. The normalized spacial score (nSPS) is 14.6. The van der Waals surface area contributed by atoms with E-state index >= 15 is 0 Å². The molecule has 4 nitrogen and oxygen atoms in total. The summed E-state index contributed by atoms with van der Waals surface area (Å²) in [5, 5.41) is 4.42. The maximum atomic E-state index is 5.97. The second-order valence-corrected chi connectivity index (χ2v) is 5.40. The summed E-state index contributed by atoms with van der Waals surface area (Å²) in [4.78, 5) is 4.41. The van der Waals surface area contributed by atoms with Crippen molar-refractivity contribution in [3.8, 4) is 0 Å². The third kappa shape index (κ3) is 3.20. The fraction of sp³-hybridized carbons (Fsp3) is 0.438. The molecular formula is C16H21N3O. The van der Waals surface area contributed by atoms with Gasteiger partial charge in [-0.3, -0.25) is 4.98 Å². The number of rotatable bonds is 7. The number of hydrogen-bond acceptors (Lipinski definition) is 4. The average Bonchev–Trinajstić information content (AvgIpc) is 3.29. The van der Waals surface area contributed by atoms with Gasteiger partial charge in [0.2, 0.25) is 0 Å². The lowest BCUT2D eigenvalue weighted by Crippen LogP contribution is -2.07. The van der Waals surface area contributed by atoms with E-state index in [0.29, 0.717) is 0 Å². The lowest BCUT2D eigenvalue weighted by atomic mass is 10.1. The smallest absolute Gasteiger partial charge is 0.0953 e. The molecule has 1 aromatic heterocycles. The van der Waals surface area contributed by atoms with Crippen LogP contribution in [0.25, 0.3) is 10.9 Å². The van der Waals surface area contributed by atoms with Crippen molar-refractivity contribution >= 4 is 22.3 Å². The van der Waals surface area contributed by atoms with Crippen molar-refractivity contribution < 1.29 is 4.74 Å². The van der Waals surface area contributed by atoms with Gasteiger partial charge in [0.1, 0.15) is 0 Å². The number of hydrogen-bond donors (Lipinski definition) is 2. The number of anilines is 2. The van der Waals surface area contributed by atoms with Crippen molar-refractivity contribution in [2.24, 2.45) is 5.92 Å². The van der Waals surface area contributed by atoms with Crippen molar-refractivity contribution in [2.75, 3.05) is 30.8 Å². The minimum absolute atomic E-state index is 0.770. The summed E-state index contributed by atoms with van der Waals surface area (Å²) in [6.45, 7) is 2.65. The van der Waals surface area contributed by atoms with Gasteiger partial charge in [-0.15, -0.1) is 0 Å². The van der Waals surface area contributed by atoms with Gasteiger partial charge in [-0.2, -0.15) is 0 Å². The standard InChI is InChI=1S/C16H21N3O/c17-14-6-7-15(16-13(14)3-1-8-19-16)18-9-2-10-20-11-12-4-5-12/h1,3,6-8,12,18H,2,4-5,9-11,17H2. The highest BCUT2D eigenvalue weighted by molar-refractivity contribution is 5.98. The van der Waals surface area contributed by atoms with Crippen LogP contribution in [0.15, 0.2) is 30.5 Å². The van der Waals surface area contributed by atoms with E-state index in [-0.39, 0.29) is 0 Å². The van der Waals surface area contributed by atoms with Crippen LogP contribution >= 0.6 is 0 Å². The van der Waals surface area contributed by atoms with Crippen molar-refractivity contribution in [3.63, 3.8) is 0 Å². The zero-order valence-corrected chi connectivity index (χ0v) is 11.6. The minimum Gasteiger partial charge on any atom is -0.398 e. The molecule has 3 rings (SSSR count). The molecule has 0 spiro atoms. The Morgan fingerprint density at radius 1 is 1.30 bits per heavy atom. The number of nitrogens with one attached hydrogen (secondary N) is 1. The lowest BCUT2D eigenvalue weighted by molar-refractivity contribution is 0.124. The van der Waals surface area contributed by atoms with Crippen LogP contribution in [0.5, 0.6) is 0 Å². The van der Waals surface area contributed by atoms with Gasteiger partial charge in [0.15, 0.2) is 0 Å². The van der Waals surface area contributed by atoms with E-state index in [2.05, 4.69) is 10.3 Å². The van der Waals surface area contributed by atoms with Gasteiger partial charge in [-0.1, -0.05) is 0 Å². The average molecular weight is 271 g/mol. The van der Waals surface area contributed by atoms with E-state index in [1.807, 2.05) is 24.3 Å². The number of ether oxygens (including phenoxy) is 1. The second-order valence-electron chi connectivity index (χ2n) is 5.40. The van der Waals surface area contributed by atoms with Crippen LogP contribution in [0.3, 0.4) is 0 Å². The maximum Gasteiger partial charge on any atom is 0.0953 e. The molecule has 0 amide bonds. The molecule has 2 aromatic rings. The van der Waals surface area contributed by atoms with Crippen LogP contribution in [0.4, 0.5) is 11.4 Å². The molecule has 0 bridgehead atoms. The zero-order valence-electron chi connectivity index (χ0n) is 11.6. The number of pyridine rings is 1. The Hall–Kier alpha value is -1.81. The molecule has 1 heterocycles. The SMILES string of the molecule is Nc1ccc(NCCCOCC2CC2)c2ncccc12. The minimum atomic E-state index is 0.770. The largest absolute Gasteiger partial charge is 0.398 e. The number of nitrogens with two attached hydrogens (primary N) is 1. The van der Waals surface area contributed by atoms with E-state index in [1.165, 1.54) is 12.8 Å². The Kier molecular flexibility index (Phi) is 4.02. The molecule has 0 atom stereocenters. The molecule has 0 saturated heterocycles. The number of fused-ring (bicyclic) bond motifs is 1. The van der Waals surface area contributed by atoms with Crippen LogP contribution in [-0.4, -0.2) is 24.7 Å². The molecule has 3 N–H and O–H groups in total. The van der Waals surface area contributed by atoms with E-state index in [1.54, 1.807) is 6.20 Å². The highest BCUT2D eigenvalue weighted by Gasteiger charge is 2.20. The summed E-state index contributed by atoms with van der Waals surface area (Å²) in [7, 11) is 0. The summed E-state index contributed by atoms with van der Waals surface area (Å²) in [6, 6.07) is 7.83. The third-order valence-electron chi connectivity index (χ3n) is 3.63. The number of nitrogen functional groups attached to an aromatic ring is 1. The topological polar surface area (TPSA) is 60.2 Å². The highest BCUT2D eigenvalue weighted by Crippen LogP contribution is 2.29. The maximum absolute atomic E-state index is 5.97. The molecule has 1 fully saturated rings. The Labute approximate surface area is 119 Å². The van der Waals surface area contributed by atoms with Gasteiger partial charge in [-0.25, -0.2) is 0 Å². The van der Waals surface area contributed by atoms with Gasteiger partial charge in [-0.05, 0) is 49.4 Å². The molecule has 0 aliphatic heterocycles. The molecule has 20 heavy (non-hydrogen) atoms. The quantitative estimate of drug-likeness (QED) is 0.600. The van der Waals surface area contributed by atoms with Gasteiger partial charge >= 0.3 is 0 Å². The first kappa shape index (κ1) is 13.2. The molecular weight excluding hydrogens is 250 g/mol. The Morgan fingerprint density at radius 2 is 2.20 bits per heavy atom. The van der Waals surface area contributed by atoms with E-state index in [9.17, 15) is 0 Å². The molecule has 0 radical (unpaired) electrons. The van der Waals surface area contributed by atoms with Crippen LogP contribution in [-0.2, 0) is 4.74 Å².